The molecule has 1 fully saturated rings. The molecule has 0 radical (unpaired) electrons. The minimum atomic E-state index is -0.332. The largest absolute Gasteiger partial charge is 0.393 e. The third-order valence-electron chi connectivity index (χ3n) is 3.52. The lowest BCUT2D eigenvalue weighted by molar-refractivity contribution is 0.160. The van der Waals surface area contributed by atoms with E-state index in [1.165, 1.54) is 11.1 Å². The monoisotopic (exact) mass is 217 g/mol. The Morgan fingerprint density at radius 2 is 2.31 bits per heavy atom. The second-order valence-corrected chi connectivity index (χ2v) is 4.74. The normalized spacial score (nSPS) is 29.8. The second-order valence-electron chi connectivity index (χ2n) is 4.74. The van der Waals surface area contributed by atoms with Crippen LogP contribution in [0.3, 0.4) is 0 Å². The molecule has 86 valence electrons. The maximum absolute atomic E-state index is 9.61. The summed E-state index contributed by atoms with van der Waals surface area (Å²) in [5.41, 5.74) is 8.42. The van der Waals surface area contributed by atoms with Crippen molar-refractivity contribution in [3.8, 4) is 0 Å². The summed E-state index contributed by atoms with van der Waals surface area (Å²) in [7, 11) is 0. The fourth-order valence-corrected chi connectivity index (χ4v) is 2.52. The molecule has 0 aromatic heterocycles. The van der Waals surface area contributed by atoms with Crippen molar-refractivity contribution in [2.24, 2.45) is 11.7 Å². The van der Waals surface area contributed by atoms with Crippen molar-refractivity contribution >= 4 is 0 Å². The Bertz CT molecular complexity index is 399. The number of aliphatic hydroxyl groups is 1. The van der Waals surface area contributed by atoms with E-state index in [0.29, 0.717) is 0 Å². The number of benzene rings is 1. The van der Waals surface area contributed by atoms with Crippen molar-refractivity contribution in [1.29, 1.82) is 0 Å². The highest BCUT2D eigenvalue weighted by Crippen LogP contribution is 2.52. The smallest absolute Gasteiger partial charge is 0.0561 e. The van der Waals surface area contributed by atoms with Gasteiger partial charge in [-0.05, 0) is 30.9 Å². The first kappa shape index (κ1) is 11.4. The van der Waals surface area contributed by atoms with E-state index in [4.69, 9.17) is 5.73 Å². The number of rotatable bonds is 4. The summed E-state index contributed by atoms with van der Waals surface area (Å²) in [5, 5.41) is 9.61. The highest BCUT2D eigenvalue weighted by molar-refractivity contribution is 5.40. The lowest BCUT2D eigenvalue weighted by atomic mass is 9.94. The van der Waals surface area contributed by atoms with Crippen LogP contribution in [0.25, 0.3) is 0 Å². The molecule has 0 heterocycles. The zero-order valence-corrected chi connectivity index (χ0v) is 9.69. The highest BCUT2D eigenvalue weighted by Gasteiger charge is 2.55. The van der Waals surface area contributed by atoms with Gasteiger partial charge in [-0.25, -0.2) is 0 Å². The van der Waals surface area contributed by atoms with Crippen molar-refractivity contribution in [3.63, 3.8) is 0 Å². The average Bonchev–Trinajstić information content (AvgIpc) is 2.94. The summed E-state index contributed by atoms with van der Waals surface area (Å²) in [4.78, 5) is 0. The molecule has 2 heteroatoms. The zero-order valence-electron chi connectivity index (χ0n) is 9.69. The SMILES string of the molecule is C=CCc1ccccc1C1(N)CC1C(C)O. The fourth-order valence-electron chi connectivity index (χ4n) is 2.52. The minimum Gasteiger partial charge on any atom is -0.393 e. The van der Waals surface area contributed by atoms with E-state index in [0.717, 1.165) is 12.8 Å². The van der Waals surface area contributed by atoms with Gasteiger partial charge in [0.2, 0.25) is 0 Å². The van der Waals surface area contributed by atoms with Crippen LogP contribution in [0.15, 0.2) is 36.9 Å². The van der Waals surface area contributed by atoms with Crippen molar-refractivity contribution in [3.05, 3.63) is 48.0 Å². The van der Waals surface area contributed by atoms with Gasteiger partial charge in [0.15, 0.2) is 0 Å². The van der Waals surface area contributed by atoms with Gasteiger partial charge in [0.25, 0.3) is 0 Å². The van der Waals surface area contributed by atoms with Crippen molar-refractivity contribution in [2.45, 2.75) is 31.4 Å². The molecule has 1 aliphatic rings. The van der Waals surface area contributed by atoms with Crippen LogP contribution in [0.2, 0.25) is 0 Å². The van der Waals surface area contributed by atoms with Crippen LogP contribution < -0.4 is 5.73 Å². The van der Waals surface area contributed by atoms with E-state index in [1.54, 1.807) is 0 Å². The molecule has 1 aromatic carbocycles. The topological polar surface area (TPSA) is 46.2 Å². The van der Waals surface area contributed by atoms with Gasteiger partial charge in [-0.15, -0.1) is 6.58 Å². The van der Waals surface area contributed by atoms with Gasteiger partial charge in [-0.3, -0.25) is 0 Å². The molecular formula is C14H19NO. The molecule has 0 saturated heterocycles. The van der Waals surface area contributed by atoms with Gasteiger partial charge in [-0.2, -0.15) is 0 Å². The molecule has 3 atom stereocenters. The minimum absolute atomic E-state index is 0.193. The molecule has 3 unspecified atom stereocenters. The second kappa shape index (κ2) is 4.04. The first-order valence-corrected chi connectivity index (χ1v) is 5.76. The molecule has 1 aliphatic carbocycles. The first-order chi connectivity index (χ1) is 7.59. The van der Waals surface area contributed by atoms with E-state index < -0.39 is 0 Å². The van der Waals surface area contributed by atoms with Crippen LogP contribution >= 0.6 is 0 Å². The van der Waals surface area contributed by atoms with Crippen molar-refractivity contribution in [1.82, 2.24) is 0 Å². The Morgan fingerprint density at radius 3 is 2.88 bits per heavy atom. The van der Waals surface area contributed by atoms with E-state index >= 15 is 0 Å². The Morgan fingerprint density at radius 1 is 1.62 bits per heavy atom. The van der Waals surface area contributed by atoms with E-state index in [-0.39, 0.29) is 17.6 Å². The Hall–Kier alpha value is -1.12. The predicted molar refractivity (Wildman–Crippen MR) is 66.0 cm³/mol. The molecule has 0 amide bonds. The molecule has 0 aliphatic heterocycles. The maximum atomic E-state index is 9.61. The molecule has 1 aromatic rings. The molecule has 2 rings (SSSR count). The third-order valence-corrected chi connectivity index (χ3v) is 3.52. The number of nitrogens with two attached hydrogens (primary N) is 1. The van der Waals surface area contributed by atoms with Gasteiger partial charge in [0.1, 0.15) is 0 Å². The third kappa shape index (κ3) is 1.79. The molecular weight excluding hydrogens is 198 g/mol. The van der Waals surface area contributed by atoms with E-state index in [2.05, 4.69) is 18.7 Å². The van der Waals surface area contributed by atoms with Crippen molar-refractivity contribution in [2.75, 3.05) is 0 Å². The fraction of sp³-hybridized carbons (Fsp3) is 0.429. The van der Waals surface area contributed by atoms with Crippen LogP contribution in [0.4, 0.5) is 0 Å². The quantitative estimate of drug-likeness (QED) is 0.757. The maximum Gasteiger partial charge on any atom is 0.0561 e. The van der Waals surface area contributed by atoms with Gasteiger partial charge >= 0.3 is 0 Å². The molecule has 16 heavy (non-hydrogen) atoms. The average molecular weight is 217 g/mol. The number of aliphatic hydroxyl groups excluding tert-OH is 1. The summed E-state index contributed by atoms with van der Waals surface area (Å²) in [6.07, 6.45) is 3.27. The summed E-state index contributed by atoms with van der Waals surface area (Å²) < 4.78 is 0. The Balaban J connectivity index is 2.31. The molecule has 0 bridgehead atoms. The lowest BCUT2D eigenvalue weighted by Crippen LogP contribution is -2.27. The molecule has 3 N–H and O–H groups in total. The predicted octanol–water partition coefficient (Wildman–Crippen LogP) is 1.97. The van der Waals surface area contributed by atoms with Crippen LogP contribution in [0.5, 0.6) is 0 Å². The van der Waals surface area contributed by atoms with E-state index in [1.807, 2.05) is 25.1 Å². The summed E-state index contributed by atoms with van der Waals surface area (Å²) in [6, 6.07) is 8.18. The molecule has 0 spiro atoms. The number of hydrogen-bond acceptors (Lipinski definition) is 2. The van der Waals surface area contributed by atoms with Gasteiger partial charge in [0, 0.05) is 11.5 Å². The van der Waals surface area contributed by atoms with Crippen LogP contribution in [0, 0.1) is 5.92 Å². The summed E-state index contributed by atoms with van der Waals surface area (Å²) in [5.74, 6) is 0.193. The van der Waals surface area contributed by atoms with Gasteiger partial charge in [-0.1, -0.05) is 30.3 Å². The Kier molecular flexibility index (Phi) is 2.87. The standard InChI is InChI=1S/C14H19NO/c1-3-6-11-7-4-5-8-12(11)14(15)9-13(14)10(2)16/h3-5,7-8,10,13,16H,1,6,9,15H2,2H3. The first-order valence-electron chi connectivity index (χ1n) is 5.76. The number of allylic oxidation sites excluding steroid dienone is 1. The molecule has 1 saturated carbocycles. The summed E-state index contributed by atoms with van der Waals surface area (Å²) >= 11 is 0. The van der Waals surface area contributed by atoms with Crippen LogP contribution in [-0.2, 0) is 12.0 Å². The zero-order chi connectivity index (χ0) is 11.8. The number of hydrogen-bond donors (Lipinski definition) is 2. The summed E-state index contributed by atoms with van der Waals surface area (Å²) in [6.45, 7) is 5.58. The lowest BCUT2D eigenvalue weighted by Gasteiger charge is -2.17. The van der Waals surface area contributed by atoms with Crippen LogP contribution in [-0.4, -0.2) is 11.2 Å². The van der Waals surface area contributed by atoms with Crippen molar-refractivity contribution < 1.29 is 5.11 Å². The van der Waals surface area contributed by atoms with Gasteiger partial charge in [0.05, 0.1) is 6.10 Å². The highest BCUT2D eigenvalue weighted by atomic mass is 16.3. The van der Waals surface area contributed by atoms with Gasteiger partial charge < -0.3 is 10.8 Å². The molecule has 2 nitrogen and oxygen atoms in total. The van der Waals surface area contributed by atoms with Crippen LogP contribution in [0.1, 0.15) is 24.5 Å². The van der Waals surface area contributed by atoms with E-state index in [9.17, 15) is 5.11 Å². The Labute approximate surface area is 96.8 Å².